The minimum absolute atomic E-state index is 0.187. The fraction of sp³-hybridized carbons (Fsp3) is 0.357. The predicted molar refractivity (Wildman–Crippen MR) is 88.9 cm³/mol. The summed E-state index contributed by atoms with van der Waals surface area (Å²) in [6.45, 7) is 3.12. The first-order valence-corrected chi connectivity index (χ1v) is 8.84. The zero-order valence-corrected chi connectivity index (χ0v) is 13.6. The number of hydrogen-bond acceptors (Lipinski definition) is 7. The predicted octanol–water partition coefficient (Wildman–Crippen LogP) is 3.00. The van der Waals surface area contributed by atoms with E-state index in [2.05, 4.69) is 33.3 Å². The van der Waals surface area contributed by atoms with Gasteiger partial charge in [-0.2, -0.15) is 0 Å². The van der Waals surface area contributed by atoms with Gasteiger partial charge in [0.2, 0.25) is 0 Å². The van der Waals surface area contributed by atoms with Crippen molar-refractivity contribution < 1.29 is 0 Å². The zero-order chi connectivity index (χ0) is 14.8. The highest BCUT2D eigenvalue weighted by atomic mass is 32.2. The number of nitrogens with zero attached hydrogens (tertiary/aromatic N) is 3. The van der Waals surface area contributed by atoms with E-state index in [0.29, 0.717) is 11.0 Å². The van der Waals surface area contributed by atoms with Crippen LogP contribution in [-0.2, 0) is 6.42 Å². The maximum Gasteiger partial charge on any atom is 0.191 e. The molecule has 110 valence electrons. The minimum atomic E-state index is 0.187. The summed E-state index contributed by atoms with van der Waals surface area (Å²) < 4.78 is 0. The number of nitrogen functional groups attached to an aromatic ring is 1. The number of nitrogens with two attached hydrogens (primary N) is 1. The average molecular weight is 319 g/mol. The summed E-state index contributed by atoms with van der Waals surface area (Å²) >= 11 is 3.16. The van der Waals surface area contributed by atoms with Gasteiger partial charge in [-0.3, -0.25) is 4.98 Å². The van der Waals surface area contributed by atoms with Gasteiger partial charge in [0.15, 0.2) is 5.16 Å². The first-order valence-electron chi connectivity index (χ1n) is 6.73. The summed E-state index contributed by atoms with van der Waals surface area (Å²) in [5.41, 5.74) is 9.37. The molecule has 0 bridgehead atoms. The van der Waals surface area contributed by atoms with Crippen LogP contribution >= 0.6 is 23.5 Å². The maximum absolute atomic E-state index is 5.82. The molecule has 3 N–H and O–H groups in total. The van der Waals surface area contributed by atoms with Crippen LogP contribution in [0.3, 0.4) is 0 Å². The van der Waals surface area contributed by atoms with E-state index < -0.39 is 0 Å². The van der Waals surface area contributed by atoms with Gasteiger partial charge in [0.05, 0.1) is 22.8 Å². The smallest absolute Gasteiger partial charge is 0.191 e. The molecule has 1 aliphatic rings. The van der Waals surface area contributed by atoms with E-state index in [1.165, 1.54) is 5.56 Å². The summed E-state index contributed by atoms with van der Waals surface area (Å²) in [5.74, 6) is 0.509. The number of nitrogens with one attached hydrogen (secondary N) is 1. The van der Waals surface area contributed by atoms with Gasteiger partial charge in [0.1, 0.15) is 10.8 Å². The lowest BCUT2D eigenvalue weighted by atomic mass is 10.1. The molecule has 0 spiro atoms. The second kappa shape index (κ2) is 6.11. The van der Waals surface area contributed by atoms with E-state index in [0.717, 1.165) is 29.4 Å². The first-order chi connectivity index (χ1) is 10.2. The molecular formula is C14H17N5S2. The Morgan fingerprint density at radius 1 is 1.33 bits per heavy atom. The van der Waals surface area contributed by atoms with Gasteiger partial charge in [-0.15, -0.1) is 11.8 Å². The van der Waals surface area contributed by atoms with E-state index >= 15 is 0 Å². The molecule has 0 aromatic carbocycles. The van der Waals surface area contributed by atoms with Crippen LogP contribution in [0.5, 0.6) is 0 Å². The number of rotatable bonds is 4. The van der Waals surface area contributed by atoms with E-state index in [1.807, 2.05) is 12.5 Å². The van der Waals surface area contributed by atoms with Gasteiger partial charge in [-0.1, -0.05) is 11.8 Å². The molecule has 7 heteroatoms. The second-order valence-corrected chi connectivity index (χ2v) is 6.96. The minimum Gasteiger partial charge on any atom is -0.384 e. The van der Waals surface area contributed by atoms with Crippen molar-refractivity contribution in [1.82, 2.24) is 15.0 Å². The van der Waals surface area contributed by atoms with Gasteiger partial charge < -0.3 is 11.1 Å². The summed E-state index contributed by atoms with van der Waals surface area (Å²) in [7, 11) is 0. The van der Waals surface area contributed by atoms with Crippen LogP contribution in [0.2, 0.25) is 0 Å². The summed E-state index contributed by atoms with van der Waals surface area (Å²) in [6, 6.07) is 3.97. The molecule has 5 nitrogen and oxygen atoms in total. The monoisotopic (exact) mass is 319 g/mol. The Labute approximate surface area is 132 Å². The Bertz CT molecular complexity index is 662. The fourth-order valence-electron chi connectivity index (χ4n) is 2.23. The SMILES string of the molecule is CSc1cc(N)nc(SC(C)c2cc3c(cn2)NCC3)n1. The summed E-state index contributed by atoms with van der Waals surface area (Å²) in [5, 5.41) is 5.11. The maximum atomic E-state index is 5.82. The third-order valence-corrected chi connectivity index (χ3v) is 4.95. The van der Waals surface area contributed by atoms with Crippen molar-refractivity contribution in [3.63, 3.8) is 0 Å². The first kappa shape index (κ1) is 14.5. The zero-order valence-electron chi connectivity index (χ0n) is 12.0. The van der Waals surface area contributed by atoms with Crippen molar-refractivity contribution in [2.75, 3.05) is 23.9 Å². The highest BCUT2D eigenvalue weighted by Crippen LogP contribution is 2.34. The van der Waals surface area contributed by atoms with Crippen LogP contribution in [0.25, 0.3) is 0 Å². The van der Waals surface area contributed by atoms with E-state index in [1.54, 1.807) is 29.6 Å². The Balaban J connectivity index is 1.80. The molecule has 2 aromatic rings. The molecule has 1 unspecified atom stereocenters. The number of hydrogen-bond donors (Lipinski definition) is 2. The van der Waals surface area contributed by atoms with Gasteiger partial charge in [0.25, 0.3) is 0 Å². The third-order valence-electron chi connectivity index (χ3n) is 3.33. The third kappa shape index (κ3) is 3.24. The normalized spacial score (nSPS) is 14.6. The molecule has 21 heavy (non-hydrogen) atoms. The highest BCUT2D eigenvalue weighted by molar-refractivity contribution is 7.99. The second-order valence-electron chi connectivity index (χ2n) is 4.82. The number of aromatic nitrogens is 3. The molecule has 0 saturated carbocycles. The van der Waals surface area contributed by atoms with Crippen LogP contribution < -0.4 is 11.1 Å². The van der Waals surface area contributed by atoms with Gasteiger partial charge in [-0.25, -0.2) is 9.97 Å². The van der Waals surface area contributed by atoms with Crippen molar-refractivity contribution in [2.24, 2.45) is 0 Å². The topological polar surface area (TPSA) is 76.7 Å². The number of pyridine rings is 1. The van der Waals surface area contributed by atoms with E-state index in [4.69, 9.17) is 5.73 Å². The summed E-state index contributed by atoms with van der Waals surface area (Å²) in [4.78, 5) is 13.3. The van der Waals surface area contributed by atoms with Crippen molar-refractivity contribution >= 4 is 35.0 Å². The molecule has 0 radical (unpaired) electrons. The van der Waals surface area contributed by atoms with Crippen LogP contribution in [-0.4, -0.2) is 27.8 Å². The Morgan fingerprint density at radius 2 is 2.19 bits per heavy atom. The van der Waals surface area contributed by atoms with Crippen LogP contribution in [0.1, 0.15) is 23.4 Å². The van der Waals surface area contributed by atoms with E-state index in [9.17, 15) is 0 Å². The van der Waals surface area contributed by atoms with Crippen molar-refractivity contribution in [2.45, 2.75) is 28.8 Å². The Hall–Kier alpha value is -1.47. The molecule has 1 atom stereocenters. The van der Waals surface area contributed by atoms with Crippen LogP contribution in [0, 0.1) is 0 Å². The average Bonchev–Trinajstić information content (AvgIpc) is 2.93. The molecule has 0 aliphatic carbocycles. The summed E-state index contributed by atoms with van der Waals surface area (Å²) in [6.07, 6.45) is 4.96. The van der Waals surface area contributed by atoms with Gasteiger partial charge in [0, 0.05) is 12.6 Å². The van der Waals surface area contributed by atoms with E-state index in [-0.39, 0.29) is 5.25 Å². The molecule has 3 rings (SSSR count). The molecule has 0 saturated heterocycles. The number of anilines is 2. The molecule has 3 heterocycles. The quantitative estimate of drug-likeness (QED) is 0.509. The molecule has 2 aromatic heterocycles. The van der Waals surface area contributed by atoms with Crippen molar-refractivity contribution in [3.05, 3.63) is 29.6 Å². The lowest BCUT2D eigenvalue weighted by Gasteiger charge is -2.11. The lowest BCUT2D eigenvalue weighted by Crippen LogP contribution is -1.99. The molecule has 0 amide bonds. The van der Waals surface area contributed by atoms with Crippen LogP contribution in [0.15, 0.2) is 28.5 Å². The molecular weight excluding hydrogens is 302 g/mol. The largest absolute Gasteiger partial charge is 0.384 e. The van der Waals surface area contributed by atoms with Gasteiger partial charge in [-0.05, 0) is 31.2 Å². The number of fused-ring (bicyclic) bond motifs is 1. The molecule has 1 aliphatic heterocycles. The highest BCUT2D eigenvalue weighted by Gasteiger charge is 2.16. The fourth-order valence-corrected chi connectivity index (χ4v) is 3.58. The van der Waals surface area contributed by atoms with Gasteiger partial charge >= 0.3 is 0 Å². The van der Waals surface area contributed by atoms with Crippen molar-refractivity contribution in [3.8, 4) is 0 Å². The van der Waals surface area contributed by atoms with Crippen LogP contribution in [0.4, 0.5) is 11.5 Å². The standard InChI is InChI=1S/C14H17N5S2/c1-8(10-5-9-3-4-16-11(9)7-17-10)21-14-18-12(15)6-13(19-14)20-2/h5-8,16H,3-4H2,1-2H3,(H2,15,18,19). The molecule has 0 fully saturated rings. The Kier molecular flexibility index (Phi) is 4.21. The lowest BCUT2D eigenvalue weighted by molar-refractivity contribution is 0.887. The number of thioether (sulfide) groups is 2. The Morgan fingerprint density at radius 3 is 3.00 bits per heavy atom. The van der Waals surface area contributed by atoms with Crippen molar-refractivity contribution in [1.29, 1.82) is 0 Å².